The number of halogens is 1. The zero-order chi connectivity index (χ0) is 19.4. The van der Waals surface area contributed by atoms with E-state index in [2.05, 4.69) is 0 Å². The van der Waals surface area contributed by atoms with Crippen LogP contribution in [0, 0.1) is 5.82 Å². The molecule has 146 valence electrons. The first-order chi connectivity index (χ1) is 12.9. The molecule has 0 aromatic heterocycles. The van der Waals surface area contributed by atoms with Crippen molar-refractivity contribution < 1.29 is 27.2 Å². The highest BCUT2D eigenvalue weighted by Crippen LogP contribution is 2.30. The number of quaternary nitrogens is 1. The normalized spacial score (nSPS) is 16.3. The van der Waals surface area contributed by atoms with E-state index in [0.29, 0.717) is 31.9 Å². The Labute approximate surface area is 159 Å². The predicted molar refractivity (Wildman–Crippen MR) is 99.1 cm³/mol. The third kappa shape index (κ3) is 4.40. The van der Waals surface area contributed by atoms with Gasteiger partial charge in [0.15, 0.2) is 0 Å². The molecule has 0 amide bonds. The van der Waals surface area contributed by atoms with Gasteiger partial charge >= 0.3 is 0 Å². The van der Waals surface area contributed by atoms with Crippen molar-refractivity contribution in [3.8, 4) is 11.5 Å². The first-order valence-corrected chi connectivity index (χ1v) is 10.2. The van der Waals surface area contributed by atoms with Gasteiger partial charge in [0.1, 0.15) is 28.8 Å². The molecule has 0 spiro atoms. The summed E-state index contributed by atoms with van der Waals surface area (Å²) in [6, 6.07) is 11.2. The van der Waals surface area contributed by atoms with Crippen molar-refractivity contribution in [2.24, 2.45) is 0 Å². The van der Waals surface area contributed by atoms with Gasteiger partial charge in [-0.2, -0.15) is 4.31 Å². The molecular weight excluding hydrogens is 371 g/mol. The third-order valence-corrected chi connectivity index (χ3v) is 6.72. The van der Waals surface area contributed by atoms with Crippen LogP contribution in [0.3, 0.4) is 0 Å². The van der Waals surface area contributed by atoms with Crippen LogP contribution in [0.2, 0.25) is 0 Å². The van der Waals surface area contributed by atoms with Gasteiger partial charge in [-0.25, -0.2) is 12.8 Å². The highest BCUT2D eigenvalue weighted by atomic mass is 32.2. The summed E-state index contributed by atoms with van der Waals surface area (Å²) in [6.45, 7) is 2.98. The smallest absolute Gasteiger partial charge is 0.247 e. The average molecular weight is 395 g/mol. The molecule has 2 aromatic rings. The Morgan fingerprint density at radius 3 is 2.30 bits per heavy atom. The van der Waals surface area contributed by atoms with E-state index in [9.17, 15) is 12.8 Å². The fourth-order valence-electron chi connectivity index (χ4n) is 3.24. The minimum Gasteiger partial charge on any atom is -0.497 e. The fourth-order valence-corrected chi connectivity index (χ4v) is 4.82. The Morgan fingerprint density at radius 2 is 1.70 bits per heavy atom. The number of sulfonamides is 1. The molecular formula is C19H24FN2O4S+. The van der Waals surface area contributed by atoms with Crippen molar-refractivity contribution in [3.63, 3.8) is 0 Å². The molecule has 0 unspecified atom stereocenters. The molecule has 6 nitrogen and oxygen atoms in total. The topological polar surface area (TPSA) is 60.3 Å². The Balaban J connectivity index is 1.68. The van der Waals surface area contributed by atoms with Crippen LogP contribution in [0.1, 0.15) is 5.56 Å². The minimum atomic E-state index is -3.64. The maximum Gasteiger partial charge on any atom is 0.247 e. The number of ether oxygens (including phenoxy) is 2. The van der Waals surface area contributed by atoms with Crippen molar-refractivity contribution in [3.05, 3.63) is 53.8 Å². The van der Waals surface area contributed by atoms with Crippen molar-refractivity contribution in [1.29, 1.82) is 0 Å². The molecule has 1 saturated heterocycles. The van der Waals surface area contributed by atoms with E-state index in [1.165, 1.54) is 41.6 Å². The lowest BCUT2D eigenvalue weighted by molar-refractivity contribution is -0.917. The minimum absolute atomic E-state index is 0.146. The summed E-state index contributed by atoms with van der Waals surface area (Å²) in [7, 11) is -0.679. The van der Waals surface area contributed by atoms with Gasteiger partial charge in [0.2, 0.25) is 10.0 Å². The number of piperazine rings is 1. The highest BCUT2D eigenvalue weighted by molar-refractivity contribution is 7.89. The zero-order valence-electron chi connectivity index (χ0n) is 15.4. The van der Waals surface area contributed by atoms with Crippen molar-refractivity contribution >= 4 is 10.0 Å². The van der Waals surface area contributed by atoms with Crippen LogP contribution in [0.4, 0.5) is 4.39 Å². The molecule has 1 aliphatic rings. The molecule has 1 fully saturated rings. The van der Waals surface area contributed by atoms with E-state index in [1.54, 1.807) is 24.3 Å². The molecule has 8 heteroatoms. The van der Waals surface area contributed by atoms with E-state index in [-0.39, 0.29) is 16.5 Å². The van der Waals surface area contributed by atoms with Crippen LogP contribution in [0.5, 0.6) is 11.5 Å². The molecule has 1 aliphatic heterocycles. The number of hydrogen-bond donors (Lipinski definition) is 1. The quantitative estimate of drug-likeness (QED) is 0.791. The molecule has 2 aromatic carbocycles. The number of rotatable bonds is 6. The molecule has 1 heterocycles. The van der Waals surface area contributed by atoms with Crippen LogP contribution in [-0.2, 0) is 16.6 Å². The molecule has 0 aliphatic carbocycles. The van der Waals surface area contributed by atoms with Crippen LogP contribution in [0.15, 0.2) is 47.4 Å². The molecule has 27 heavy (non-hydrogen) atoms. The van der Waals surface area contributed by atoms with Gasteiger partial charge in [-0.1, -0.05) is 12.1 Å². The van der Waals surface area contributed by atoms with E-state index in [4.69, 9.17) is 9.47 Å². The summed E-state index contributed by atoms with van der Waals surface area (Å²) in [4.78, 5) is 1.42. The SMILES string of the molecule is COc1ccc(S(=O)(=O)N2CC[NH+](Cc3ccc(F)cc3)CC2)c(OC)c1. The molecule has 0 radical (unpaired) electrons. The lowest BCUT2D eigenvalue weighted by Crippen LogP contribution is -3.13. The first-order valence-electron chi connectivity index (χ1n) is 8.74. The largest absolute Gasteiger partial charge is 0.497 e. The maximum absolute atomic E-state index is 13.0. The molecule has 0 bridgehead atoms. The van der Waals surface area contributed by atoms with Crippen LogP contribution < -0.4 is 14.4 Å². The van der Waals surface area contributed by atoms with Gasteiger partial charge < -0.3 is 14.4 Å². The van der Waals surface area contributed by atoms with Gasteiger partial charge in [0.25, 0.3) is 0 Å². The van der Waals surface area contributed by atoms with Crippen molar-refractivity contribution in [2.45, 2.75) is 11.4 Å². The fraction of sp³-hybridized carbons (Fsp3) is 0.368. The summed E-state index contributed by atoms with van der Waals surface area (Å²) in [5.41, 5.74) is 1.04. The first kappa shape index (κ1) is 19.6. The van der Waals surface area contributed by atoms with Crippen LogP contribution in [-0.4, -0.2) is 53.1 Å². The molecule has 1 N–H and O–H groups in total. The van der Waals surface area contributed by atoms with Gasteiger partial charge in [0.05, 0.1) is 40.4 Å². The average Bonchev–Trinajstić information content (AvgIpc) is 2.69. The Kier molecular flexibility index (Phi) is 5.98. The van der Waals surface area contributed by atoms with E-state index in [0.717, 1.165) is 12.1 Å². The predicted octanol–water partition coefficient (Wildman–Crippen LogP) is 0.932. The number of methoxy groups -OCH3 is 2. The molecule has 0 atom stereocenters. The molecule has 3 rings (SSSR count). The second-order valence-electron chi connectivity index (χ2n) is 6.47. The lowest BCUT2D eigenvalue weighted by Gasteiger charge is -2.31. The van der Waals surface area contributed by atoms with Gasteiger partial charge in [0, 0.05) is 11.6 Å². The standard InChI is InChI=1S/C19H23FN2O4S/c1-25-17-7-8-19(18(13-17)26-2)27(23,24)22-11-9-21(10-12-22)14-15-3-5-16(20)6-4-15/h3-8,13H,9-12,14H2,1-2H3/p+1. The Morgan fingerprint density at radius 1 is 1.04 bits per heavy atom. The lowest BCUT2D eigenvalue weighted by atomic mass is 10.2. The Bertz CT molecular complexity index is 879. The second kappa shape index (κ2) is 8.24. The van der Waals surface area contributed by atoms with Gasteiger partial charge in [-0.05, 0) is 24.3 Å². The zero-order valence-corrected chi connectivity index (χ0v) is 16.3. The molecule has 0 saturated carbocycles. The summed E-state index contributed by atoms with van der Waals surface area (Å²) >= 11 is 0. The summed E-state index contributed by atoms with van der Waals surface area (Å²) in [6.07, 6.45) is 0. The number of hydrogen-bond acceptors (Lipinski definition) is 4. The summed E-state index contributed by atoms with van der Waals surface area (Å²) in [5.74, 6) is 0.563. The summed E-state index contributed by atoms with van der Waals surface area (Å²) in [5, 5.41) is 0. The van der Waals surface area contributed by atoms with Crippen LogP contribution >= 0.6 is 0 Å². The monoisotopic (exact) mass is 395 g/mol. The number of nitrogens with one attached hydrogen (secondary N) is 1. The van der Waals surface area contributed by atoms with Crippen molar-refractivity contribution in [2.75, 3.05) is 40.4 Å². The third-order valence-electron chi connectivity index (χ3n) is 4.79. The van der Waals surface area contributed by atoms with Crippen LogP contribution in [0.25, 0.3) is 0 Å². The van der Waals surface area contributed by atoms with Gasteiger partial charge in [-0.3, -0.25) is 0 Å². The Hall–Kier alpha value is -2.16. The second-order valence-corrected chi connectivity index (χ2v) is 8.38. The maximum atomic E-state index is 13.0. The number of benzene rings is 2. The van der Waals surface area contributed by atoms with E-state index < -0.39 is 10.0 Å². The van der Waals surface area contributed by atoms with Crippen molar-refractivity contribution in [1.82, 2.24) is 4.31 Å². The summed E-state index contributed by atoms with van der Waals surface area (Å²) < 4.78 is 50.9. The van der Waals surface area contributed by atoms with E-state index >= 15 is 0 Å². The number of nitrogens with zero attached hydrogens (tertiary/aromatic N) is 1. The highest BCUT2D eigenvalue weighted by Gasteiger charge is 2.32. The van der Waals surface area contributed by atoms with Gasteiger partial charge in [-0.15, -0.1) is 0 Å². The van der Waals surface area contributed by atoms with E-state index in [1.807, 2.05) is 0 Å².